The number of rotatable bonds is 8. The van der Waals surface area contributed by atoms with Crippen LogP contribution in [0.1, 0.15) is 12.5 Å². The highest BCUT2D eigenvalue weighted by atomic mass is 19.2. The molecule has 0 bridgehead atoms. The Hall–Kier alpha value is -1.11. The van der Waals surface area contributed by atoms with Crippen LogP contribution in [0.3, 0.4) is 0 Å². The average molecular weight is 276 g/mol. The Balaban J connectivity index is 2.38. The van der Waals surface area contributed by atoms with Gasteiger partial charge in [0.15, 0.2) is 17.5 Å². The Morgan fingerprint density at radius 1 is 1.21 bits per heavy atom. The Labute approximate surface area is 111 Å². The van der Waals surface area contributed by atoms with Crippen LogP contribution in [0.2, 0.25) is 0 Å². The fourth-order valence-electron chi connectivity index (χ4n) is 1.55. The van der Waals surface area contributed by atoms with E-state index >= 15 is 0 Å². The number of methoxy groups -OCH3 is 1. The van der Waals surface area contributed by atoms with Crippen LogP contribution in [0.25, 0.3) is 0 Å². The van der Waals surface area contributed by atoms with Gasteiger partial charge in [-0.2, -0.15) is 0 Å². The molecule has 1 unspecified atom stereocenters. The van der Waals surface area contributed by atoms with Crippen LogP contribution >= 0.6 is 0 Å². The molecular weight excluding hydrogens is 257 g/mol. The van der Waals surface area contributed by atoms with E-state index in [9.17, 15) is 13.2 Å². The quantitative estimate of drug-likeness (QED) is 0.561. The molecule has 3 nitrogen and oxygen atoms in total. The molecule has 0 radical (unpaired) electrons. The number of halogens is 3. The first-order valence-electron chi connectivity index (χ1n) is 6.11. The molecule has 1 aromatic rings. The topological polar surface area (TPSA) is 33.3 Å². The zero-order valence-corrected chi connectivity index (χ0v) is 11.1. The van der Waals surface area contributed by atoms with Gasteiger partial charge in [-0.15, -0.1) is 0 Å². The number of nitrogens with one attached hydrogen (secondary N) is 2. The summed E-state index contributed by atoms with van der Waals surface area (Å²) in [7, 11) is 1.62. The van der Waals surface area contributed by atoms with E-state index in [2.05, 4.69) is 10.6 Å². The van der Waals surface area contributed by atoms with Crippen molar-refractivity contribution in [3.05, 3.63) is 35.1 Å². The van der Waals surface area contributed by atoms with Crippen LogP contribution in [0, 0.1) is 17.5 Å². The van der Waals surface area contributed by atoms with Gasteiger partial charge in [0.1, 0.15) is 0 Å². The van der Waals surface area contributed by atoms with Gasteiger partial charge in [-0.3, -0.25) is 0 Å². The maximum atomic E-state index is 13.4. The van der Waals surface area contributed by atoms with E-state index in [0.717, 1.165) is 12.6 Å². The SMILES string of the molecule is COCCNCC(C)NCc1ccc(F)c(F)c1F. The highest BCUT2D eigenvalue weighted by Gasteiger charge is 2.13. The standard InChI is InChI=1S/C13H19F3N2O/c1-9(7-17-5-6-19-2)18-8-10-3-4-11(14)13(16)12(10)15/h3-4,9,17-18H,5-8H2,1-2H3. The molecule has 1 rings (SSSR count). The third-order valence-electron chi connectivity index (χ3n) is 2.69. The summed E-state index contributed by atoms with van der Waals surface area (Å²) in [5, 5.41) is 6.17. The number of ether oxygens (including phenoxy) is 1. The minimum Gasteiger partial charge on any atom is -0.383 e. The molecule has 0 aliphatic carbocycles. The van der Waals surface area contributed by atoms with Gasteiger partial charge in [0.05, 0.1) is 6.61 Å². The monoisotopic (exact) mass is 276 g/mol. The second-order valence-electron chi connectivity index (χ2n) is 4.31. The van der Waals surface area contributed by atoms with Crippen LogP contribution < -0.4 is 10.6 Å². The normalized spacial score (nSPS) is 12.7. The Kier molecular flexibility index (Phi) is 6.83. The summed E-state index contributed by atoms with van der Waals surface area (Å²) in [5.74, 6) is -3.73. The summed E-state index contributed by atoms with van der Waals surface area (Å²) in [4.78, 5) is 0. The van der Waals surface area contributed by atoms with Crippen molar-refractivity contribution in [3.63, 3.8) is 0 Å². The molecule has 0 amide bonds. The maximum absolute atomic E-state index is 13.4. The van der Waals surface area contributed by atoms with Gasteiger partial charge in [0.2, 0.25) is 0 Å². The van der Waals surface area contributed by atoms with Gasteiger partial charge in [-0.05, 0) is 13.0 Å². The number of benzene rings is 1. The van der Waals surface area contributed by atoms with Gasteiger partial charge in [-0.1, -0.05) is 6.07 Å². The van der Waals surface area contributed by atoms with E-state index in [-0.39, 0.29) is 18.2 Å². The average Bonchev–Trinajstić information content (AvgIpc) is 2.40. The van der Waals surface area contributed by atoms with Crippen molar-refractivity contribution in [3.8, 4) is 0 Å². The summed E-state index contributed by atoms with van der Waals surface area (Å²) in [6.45, 7) is 4.08. The molecule has 0 aromatic heterocycles. The Morgan fingerprint density at radius 3 is 2.63 bits per heavy atom. The van der Waals surface area contributed by atoms with E-state index < -0.39 is 17.5 Å². The van der Waals surface area contributed by atoms with Crippen molar-refractivity contribution in [2.45, 2.75) is 19.5 Å². The minimum atomic E-state index is -1.43. The molecule has 6 heteroatoms. The van der Waals surface area contributed by atoms with Crippen molar-refractivity contribution < 1.29 is 17.9 Å². The smallest absolute Gasteiger partial charge is 0.194 e. The highest BCUT2D eigenvalue weighted by molar-refractivity contribution is 5.20. The summed E-state index contributed by atoms with van der Waals surface area (Å²) in [5.41, 5.74) is 0.114. The predicted molar refractivity (Wildman–Crippen MR) is 67.4 cm³/mol. The second-order valence-corrected chi connectivity index (χ2v) is 4.31. The molecule has 0 heterocycles. The van der Waals surface area contributed by atoms with Gasteiger partial charge >= 0.3 is 0 Å². The molecular formula is C13H19F3N2O. The molecule has 2 N–H and O–H groups in total. The molecule has 0 aliphatic heterocycles. The predicted octanol–water partition coefficient (Wildman–Crippen LogP) is 1.82. The van der Waals surface area contributed by atoms with Crippen LogP contribution in [-0.4, -0.2) is 32.8 Å². The summed E-state index contributed by atoms with van der Waals surface area (Å²) >= 11 is 0. The zero-order valence-electron chi connectivity index (χ0n) is 11.1. The first kappa shape index (κ1) is 15.9. The largest absolute Gasteiger partial charge is 0.383 e. The van der Waals surface area contributed by atoms with E-state index in [0.29, 0.717) is 13.2 Å². The Bertz CT molecular complexity index is 402. The fourth-order valence-corrected chi connectivity index (χ4v) is 1.55. The lowest BCUT2D eigenvalue weighted by Crippen LogP contribution is -2.37. The maximum Gasteiger partial charge on any atom is 0.194 e. The van der Waals surface area contributed by atoms with E-state index in [1.165, 1.54) is 6.07 Å². The van der Waals surface area contributed by atoms with Crippen LogP contribution in [0.4, 0.5) is 13.2 Å². The second kappa shape index (κ2) is 8.14. The van der Waals surface area contributed by atoms with Gasteiger partial charge in [0.25, 0.3) is 0 Å². The van der Waals surface area contributed by atoms with Crippen molar-refractivity contribution in [1.29, 1.82) is 0 Å². The molecule has 19 heavy (non-hydrogen) atoms. The van der Waals surface area contributed by atoms with Crippen LogP contribution in [0.5, 0.6) is 0 Å². The zero-order chi connectivity index (χ0) is 14.3. The molecule has 0 saturated carbocycles. The van der Waals surface area contributed by atoms with Crippen molar-refractivity contribution in [2.24, 2.45) is 0 Å². The van der Waals surface area contributed by atoms with E-state index in [1.807, 2.05) is 6.92 Å². The minimum absolute atomic E-state index is 0.0735. The molecule has 0 saturated heterocycles. The van der Waals surface area contributed by atoms with Crippen LogP contribution in [0.15, 0.2) is 12.1 Å². The third-order valence-corrected chi connectivity index (χ3v) is 2.69. The van der Waals surface area contributed by atoms with Crippen LogP contribution in [-0.2, 0) is 11.3 Å². The van der Waals surface area contributed by atoms with Gasteiger partial charge in [-0.25, -0.2) is 13.2 Å². The first-order valence-corrected chi connectivity index (χ1v) is 6.11. The summed E-state index contributed by atoms with van der Waals surface area (Å²) in [6.07, 6.45) is 0. The van der Waals surface area contributed by atoms with Gasteiger partial charge in [0, 0.05) is 38.3 Å². The van der Waals surface area contributed by atoms with Gasteiger partial charge < -0.3 is 15.4 Å². The van der Waals surface area contributed by atoms with E-state index in [4.69, 9.17) is 4.74 Å². The molecule has 0 spiro atoms. The Morgan fingerprint density at radius 2 is 1.95 bits per heavy atom. The lowest BCUT2D eigenvalue weighted by atomic mass is 10.2. The first-order chi connectivity index (χ1) is 9.06. The van der Waals surface area contributed by atoms with Crippen molar-refractivity contribution in [2.75, 3.05) is 26.8 Å². The van der Waals surface area contributed by atoms with Crippen molar-refractivity contribution in [1.82, 2.24) is 10.6 Å². The number of hydrogen-bond acceptors (Lipinski definition) is 3. The van der Waals surface area contributed by atoms with Crippen molar-refractivity contribution >= 4 is 0 Å². The number of hydrogen-bond donors (Lipinski definition) is 2. The van der Waals surface area contributed by atoms with E-state index in [1.54, 1.807) is 7.11 Å². The molecule has 1 atom stereocenters. The third kappa shape index (κ3) is 5.18. The summed E-state index contributed by atoms with van der Waals surface area (Å²) in [6, 6.07) is 2.24. The molecule has 108 valence electrons. The fraction of sp³-hybridized carbons (Fsp3) is 0.538. The molecule has 1 aromatic carbocycles. The summed E-state index contributed by atoms with van der Waals surface area (Å²) < 4.78 is 44.0. The molecule has 0 fully saturated rings. The lowest BCUT2D eigenvalue weighted by molar-refractivity contribution is 0.198. The highest BCUT2D eigenvalue weighted by Crippen LogP contribution is 2.14. The lowest BCUT2D eigenvalue weighted by Gasteiger charge is -2.15. The molecule has 0 aliphatic rings.